The molecule has 0 saturated carbocycles. The highest BCUT2D eigenvalue weighted by molar-refractivity contribution is 9.10. The van der Waals surface area contributed by atoms with Crippen LogP contribution in [0.15, 0.2) is 9.22 Å². The zero-order valence-corrected chi connectivity index (χ0v) is 8.95. The smallest absolute Gasteiger partial charge is 0.265 e. The summed E-state index contributed by atoms with van der Waals surface area (Å²) < 4.78 is 5.01. The minimum absolute atomic E-state index is 0.0629. The number of halogens is 2. The lowest BCUT2D eigenvalue weighted by molar-refractivity contribution is 0.521. The summed E-state index contributed by atoms with van der Waals surface area (Å²) in [6, 6.07) is 0. The molecular weight excluding hydrogens is 229 g/mol. The first-order valence-electron chi connectivity index (χ1n) is 3.23. The van der Waals surface area contributed by atoms with Crippen LogP contribution in [0.1, 0.15) is 26.5 Å². The molecule has 0 N–H and O–H groups in total. The largest absolute Gasteiger partial charge is 0.419 e. The first-order valence-corrected chi connectivity index (χ1v) is 4.40. The van der Waals surface area contributed by atoms with Gasteiger partial charge in [0.15, 0.2) is 0 Å². The Balaban J connectivity index is 3.13. The second-order valence-corrected chi connectivity index (χ2v) is 4.36. The third-order valence-corrected chi connectivity index (χ3v) is 1.87. The summed E-state index contributed by atoms with van der Waals surface area (Å²) in [4.78, 5) is 4.54. The van der Waals surface area contributed by atoms with Gasteiger partial charge >= 0.3 is 0 Å². The van der Waals surface area contributed by atoms with Crippen LogP contribution in [0.4, 0.5) is 0 Å². The van der Waals surface area contributed by atoms with Gasteiger partial charge in [0.05, 0.1) is 0 Å². The van der Waals surface area contributed by atoms with Crippen LogP contribution in [0.2, 0.25) is 5.22 Å². The zero-order chi connectivity index (χ0) is 8.65. The molecule has 0 atom stereocenters. The first-order chi connectivity index (χ1) is 4.91. The van der Waals surface area contributed by atoms with Gasteiger partial charge in [-0.1, -0.05) is 20.8 Å². The average molecular weight is 239 g/mol. The van der Waals surface area contributed by atoms with E-state index in [1.807, 2.05) is 20.8 Å². The summed E-state index contributed by atoms with van der Waals surface area (Å²) in [5.74, 6) is 0. The standard InChI is InChI=1S/C7H9BrClNO/c1-7(2,3)4-5(9)11-6(8)10-4/h1-3H3. The summed E-state index contributed by atoms with van der Waals surface area (Å²) in [5, 5.41) is 0.365. The van der Waals surface area contributed by atoms with Crippen molar-refractivity contribution in [2.24, 2.45) is 0 Å². The van der Waals surface area contributed by atoms with Gasteiger partial charge in [0, 0.05) is 21.3 Å². The van der Waals surface area contributed by atoms with Gasteiger partial charge in [-0.15, -0.1) is 0 Å². The molecule has 0 spiro atoms. The highest BCUT2D eigenvalue weighted by Gasteiger charge is 2.22. The van der Waals surface area contributed by atoms with Gasteiger partial charge in [-0.05, 0) is 11.6 Å². The monoisotopic (exact) mass is 237 g/mol. The van der Waals surface area contributed by atoms with Gasteiger partial charge in [0.1, 0.15) is 5.69 Å². The van der Waals surface area contributed by atoms with Gasteiger partial charge in [0.2, 0.25) is 5.22 Å². The maximum Gasteiger partial charge on any atom is 0.265 e. The van der Waals surface area contributed by atoms with E-state index in [0.717, 1.165) is 5.69 Å². The predicted octanol–water partition coefficient (Wildman–Crippen LogP) is 3.39. The second kappa shape index (κ2) is 2.79. The molecule has 0 amide bonds. The quantitative estimate of drug-likeness (QED) is 0.692. The molecule has 0 aliphatic carbocycles. The summed E-state index contributed by atoms with van der Waals surface area (Å²) in [5.41, 5.74) is 0.720. The zero-order valence-electron chi connectivity index (χ0n) is 6.61. The van der Waals surface area contributed by atoms with E-state index in [9.17, 15) is 0 Å². The number of aromatic nitrogens is 1. The molecule has 1 aromatic rings. The molecule has 62 valence electrons. The Kier molecular flexibility index (Phi) is 2.30. The number of rotatable bonds is 0. The van der Waals surface area contributed by atoms with Crippen LogP contribution >= 0.6 is 27.5 Å². The summed E-state index contributed by atoms with van der Waals surface area (Å²) in [7, 11) is 0. The Morgan fingerprint density at radius 1 is 1.45 bits per heavy atom. The molecule has 11 heavy (non-hydrogen) atoms. The fraction of sp³-hybridized carbons (Fsp3) is 0.571. The van der Waals surface area contributed by atoms with Crippen LogP contribution < -0.4 is 0 Å². The average Bonchev–Trinajstić information content (AvgIpc) is 2.08. The molecular formula is C7H9BrClNO. The number of nitrogens with zero attached hydrogens (tertiary/aromatic N) is 1. The van der Waals surface area contributed by atoms with Crippen LogP contribution in [0.3, 0.4) is 0 Å². The molecule has 2 nitrogen and oxygen atoms in total. The predicted molar refractivity (Wildman–Crippen MR) is 47.9 cm³/mol. The fourth-order valence-corrected chi connectivity index (χ4v) is 1.57. The molecule has 0 aliphatic heterocycles. The molecule has 1 heterocycles. The summed E-state index contributed by atoms with van der Waals surface area (Å²) in [6.45, 7) is 6.09. The van der Waals surface area contributed by atoms with Crippen LogP contribution in [0.25, 0.3) is 0 Å². The van der Waals surface area contributed by atoms with Crippen molar-refractivity contribution in [2.45, 2.75) is 26.2 Å². The summed E-state index contributed by atoms with van der Waals surface area (Å²) >= 11 is 8.88. The molecule has 0 unspecified atom stereocenters. The number of hydrogen-bond donors (Lipinski definition) is 0. The van der Waals surface area contributed by atoms with Crippen molar-refractivity contribution < 1.29 is 4.42 Å². The van der Waals surface area contributed by atoms with Crippen molar-refractivity contribution in [3.63, 3.8) is 0 Å². The van der Waals surface area contributed by atoms with E-state index in [-0.39, 0.29) is 5.41 Å². The normalized spacial score (nSPS) is 12.1. The van der Waals surface area contributed by atoms with Crippen LogP contribution in [-0.2, 0) is 5.41 Å². The Morgan fingerprint density at radius 3 is 2.18 bits per heavy atom. The van der Waals surface area contributed by atoms with Gasteiger partial charge in [-0.3, -0.25) is 0 Å². The Hall–Kier alpha value is -0.0200. The molecule has 0 fully saturated rings. The fourth-order valence-electron chi connectivity index (χ4n) is 0.739. The Morgan fingerprint density at radius 2 is 2.00 bits per heavy atom. The molecule has 0 radical (unpaired) electrons. The second-order valence-electron chi connectivity index (χ2n) is 3.34. The van der Waals surface area contributed by atoms with Crippen molar-refractivity contribution in [2.75, 3.05) is 0 Å². The van der Waals surface area contributed by atoms with Crippen molar-refractivity contribution in [1.82, 2.24) is 4.98 Å². The number of oxazole rings is 1. The first kappa shape index (κ1) is 9.07. The van der Waals surface area contributed by atoms with E-state index in [1.54, 1.807) is 0 Å². The maximum atomic E-state index is 5.77. The minimum Gasteiger partial charge on any atom is -0.419 e. The lowest BCUT2D eigenvalue weighted by atomic mass is 9.93. The number of hydrogen-bond acceptors (Lipinski definition) is 2. The molecule has 0 bridgehead atoms. The van der Waals surface area contributed by atoms with Crippen molar-refractivity contribution in [3.8, 4) is 0 Å². The van der Waals surface area contributed by atoms with Gasteiger partial charge in [-0.25, -0.2) is 4.98 Å². The summed E-state index contributed by atoms with van der Waals surface area (Å²) in [6.07, 6.45) is 0. The molecule has 0 aromatic carbocycles. The highest BCUT2D eigenvalue weighted by Crippen LogP contribution is 2.30. The minimum atomic E-state index is -0.0629. The SMILES string of the molecule is CC(C)(C)c1nc(Br)oc1Cl. The van der Waals surface area contributed by atoms with Crippen molar-refractivity contribution in [1.29, 1.82) is 0 Å². The lowest BCUT2D eigenvalue weighted by Crippen LogP contribution is -2.11. The van der Waals surface area contributed by atoms with Crippen molar-refractivity contribution in [3.05, 3.63) is 15.7 Å². The van der Waals surface area contributed by atoms with Crippen LogP contribution in [-0.4, -0.2) is 4.98 Å². The van der Waals surface area contributed by atoms with E-state index in [4.69, 9.17) is 16.0 Å². The molecule has 0 aliphatic rings. The van der Waals surface area contributed by atoms with Gasteiger partial charge in [-0.2, -0.15) is 0 Å². The Bertz CT molecular complexity index is 264. The maximum absolute atomic E-state index is 5.77. The lowest BCUT2D eigenvalue weighted by Gasteiger charge is -2.13. The van der Waals surface area contributed by atoms with Crippen LogP contribution in [0.5, 0.6) is 0 Å². The van der Waals surface area contributed by atoms with E-state index in [2.05, 4.69) is 20.9 Å². The van der Waals surface area contributed by atoms with E-state index < -0.39 is 0 Å². The highest BCUT2D eigenvalue weighted by atomic mass is 79.9. The van der Waals surface area contributed by atoms with Crippen LogP contribution in [0, 0.1) is 0 Å². The molecule has 1 rings (SSSR count). The Labute approximate surface area is 79.1 Å². The van der Waals surface area contributed by atoms with E-state index >= 15 is 0 Å². The third kappa shape index (κ3) is 1.97. The van der Waals surface area contributed by atoms with E-state index in [0.29, 0.717) is 10.0 Å². The molecule has 1 aromatic heterocycles. The van der Waals surface area contributed by atoms with Gasteiger partial charge in [0.25, 0.3) is 4.80 Å². The molecule has 0 saturated heterocycles. The van der Waals surface area contributed by atoms with Crippen molar-refractivity contribution >= 4 is 27.5 Å². The topological polar surface area (TPSA) is 26.0 Å². The molecule has 4 heteroatoms. The van der Waals surface area contributed by atoms with Gasteiger partial charge < -0.3 is 4.42 Å². The van der Waals surface area contributed by atoms with E-state index in [1.165, 1.54) is 0 Å². The third-order valence-electron chi connectivity index (χ3n) is 1.27.